The first-order valence-corrected chi connectivity index (χ1v) is 9.16. The first kappa shape index (κ1) is 18.0. The van der Waals surface area contributed by atoms with Gasteiger partial charge in [-0.3, -0.25) is 4.79 Å². The highest BCUT2D eigenvalue weighted by Crippen LogP contribution is 2.18. The molecule has 26 heavy (non-hydrogen) atoms. The minimum atomic E-state index is -0.0781. The number of ether oxygens (including phenoxy) is 1. The molecule has 0 aliphatic carbocycles. The van der Waals surface area contributed by atoms with Crippen LogP contribution >= 0.6 is 11.8 Å². The van der Waals surface area contributed by atoms with Crippen LogP contribution in [0, 0.1) is 6.92 Å². The van der Waals surface area contributed by atoms with E-state index in [0.717, 1.165) is 17.0 Å². The molecular weight excluding hydrogens is 348 g/mol. The maximum atomic E-state index is 12.1. The van der Waals surface area contributed by atoms with E-state index in [9.17, 15) is 4.79 Å². The lowest BCUT2D eigenvalue weighted by Gasteiger charge is -2.07. The van der Waals surface area contributed by atoms with E-state index in [1.807, 2.05) is 73.1 Å². The number of thioether (sulfide) groups is 1. The summed E-state index contributed by atoms with van der Waals surface area (Å²) in [6.45, 7) is 2.31. The first-order valence-electron chi connectivity index (χ1n) is 8.17. The van der Waals surface area contributed by atoms with E-state index in [1.165, 1.54) is 11.8 Å². The summed E-state index contributed by atoms with van der Waals surface area (Å²) >= 11 is 1.34. The topological polar surface area (TPSA) is 69.0 Å². The zero-order valence-electron chi connectivity index (χ0n) is 14.7. The van der Waals surface area contributed by atoms with Gasteiger partial charge in [0.2, 0.25) is 5.91 Å². The number of para-hydroxylation sites is 1. The summed E-state index contributed by atoms with van der Waals surface area (Å²) in [5, 5.41) is 11.8. The van der Waals surface area contributed by atoms with Crippen molar-refractivity contribution in [3.8, 4) is 5.75 Å². The minimum Gasteiger partial charge on any atom is -0.486 e. The summed E-state index contributed by atoms with van der Waals surface area (Å²) in [5.41, 5.74) is 1.90. The summed E-state index contributed by atoms with van der Waals surface area (Å²) in [6.07, 6.45) is 0. The molecule has 0 bridgehead atoms. The molecule has 0 saturated heterocycles. The Morgan fingerprint density at radius 2 is 1.96 bits per heavy atom. The normalized spacial score (nSPS) is 10.5. The third-order valence-corrected chi connectivity index (χ3v) is 4.69. The molecule has 0 radical (unpaired) electrons. The van der Waals surface area contributed by atoms with Gasteiger partial charge in [0, 0.05) is 12.7 Å². The van der Waals surface area contributed by atoms with Crippen LogP contribution < -0.4 is 10.1 Å². The Hall–Kier alpha value is -2.80. The van der Waals surface area contributed by atoms with Gasteiger partial charge < -0.3 is 14.6 Å². The molecule has 1 N–H and O–H groups in total. The van der Waals surface area contributed by atoms with Gasteiger partial charge in [0.1, 0.15) is 12.4 Å². The quantitative estimate of drug-likeness (QED) is 0.647. The van der Waals surface area contributed by atoms with Crippen molar-refractivity contribution in [2.45, 2.75) is 18.7 Å². The van der Waals surface area contributed by atoms with E-state index in [-0.39, 0.29) is 11.7 Å². The fourth-order valence-corrected chi connectivity index (χ4v) is 3.04. The predicted octanol–water partition coefficient (Wildman–Crippen LogP) is 3.43. The largest absolute Gasteiger partial charge is 0.486 e. The number of carbonyl (C=O) groups excluding carboxylic acids is 1. The molecule has 0 aliphatic heterocycles. The highest BCUT2D eigenvalue weighted by molar-refractivity contribution is 7.99. The van der Waals surface area contributed by atoms with E-state index in [0.29, 0.717) is 17.6 Å². The number of nitrogens with one attached hydrogen (secondary N) is 1. The van der Waals surface area contributed by atoms with Gasteiger partial charge in [0.25, 0.3) is 0 Å². The van der Waals surface area contributed by atoms with Crippen LogP contribution in [0.3, 0.4) is 0 Å². The lowest BCUT2D eigenvalue weighted by atomic mass is 10.2. The molecule has 2 aromatic carbocycles. The SMILES string of the molecule is Cc1cccc(NC(=O)CSc2nnc(COc3ccccc3)n2C)c1. The molecule has 1 amide bonds. The van der Waals surface area contributed by atoms with Crippen molar-refractivity contribution in [3.63, 3.8) is 0 Å². The number of amides is 1. The Bertz CT molecular complexity index is 880. The minimum absolute atomic E-state index is 0.0781. The summed E-state index contributed by atoms with van der Waals surface area (Å²) in [6, 6.07) is 17.3. The van der Waals surface area contributed by atoms with Crippen molar-refractivity contribution in [3.05, 3.63) is 66.0 Å². The molecule has 0 saturated carbocycles. The van der Waals surface area contributed by atoms with Gasteiger partial charge in [-0.2, -0.15) is 0 Å². The number of aromatic nitrogens is 3. The van der Waals surface area contributed by atoms with Crippen molar-refractivity contribution in [2.75, 3.05) is 11.1 Å². The summed E-state index contributed by atoms with van der Waals surface area (Å²) < 4.78 is 7.53. The number of carbonyl (C=O) groups is 1. The van der Waals surface area contributed by atoms with Crippen molar-refractivity contribution in [2.24, 2.45) is 7.05 Å². The highest BCUT2D eigenvalue weighted by atomic mass is 32.2. The number of rotatable bonds is 7. The molecular formula is C19H20N4O2S. The van der Waals surface area contributed by atoms with E-state index in [4.69, 9.17) is 4.74 Å². The van der Waals surface area contributed by atoms with Gasteiger partial charge in [-0.1, -0.05) is 42.1 Å². The van der Waals surface area contributed by atoms with E-state index < -0.39 is 0 Å². The molecule has 7 heteroatoms. The first-order chi connectivity index (χ1) is 12.6. The van der Waals surface area contributed by atoms with Crippen LogP contribution in [0.15, 0.2) is 59.8 Å². The highest BCUT2D eigenvalue weighted by Gasteiger charge is 2.12. The average Bonchev–Trinajstić information content (AvgIpc) is 2.99. The molecule has 0 unspecified atom stereocenters. The Labute approximate surface area is 156 Å². The van der Waals surface area contributed by atoms with E-state index >= 15 is 0 Å². The van der Waals surface area contributed by atoms with Crippen LogP contribution in [0.5, 0.6) is 5.75 Å². The second kappa shape index (κ2) is 8.53. The van der Waals surface area contributed by atoms with Crippen molar-refractivity contribution in [1.82, 2.24) is 14.8 Å². The summed E-state index contributed by atoms with van der Waals surface area (Å²) in [5.74, 6) is 1.67. The number of anilines is 1. The monoisotopic (exact) mass is 368 g/mol. The van der Waals surface area contributed by atoms with E-state index in [1.54, 1.807) is 0 Å². The predicted molar refractivity (Wildman–Crippen MR) is 102 cm³/mol. The van der Waals surface area contributed by atoms with Gasteiger partial charge in [-0.25, -0.2) is 0 Å². The maximum Gasteiger partial charge on any atom is 0.234 e. The Morgan fingerprint density at radius 1 is 1.15 bits per heavy atom. The van der Waals surface area contributed by atoms with Crippen LogP contribution in [0.25, 0.3) is 0 Å². The van der Waals surface area contributed by atoms with E-state index in [2.05, 4.69) is 15.5 Å². The lowest BCUT2D eigenvalue weighted by molar-refractivity contribution is -0.113. The molecule has 1 aromatic heterocycles. The van der Waals surface area contributed by atoms with Crippen LogP contribution in [-0.2, 0) is 18.4 Å². The standard InChI is InChI=1S/C19H20N4O2S/c1-14-7-6-8-15(11-14)20-18(24)13-26-19-22-21-17(23(19)2)12-25-16-9-4-3-5-10-16/h3-11H,12-13H2,1-2H3,(H,20,24). The number of nitrogens with zero attached hydrogens (tertiary/aromatic N) is 3. The molecule has 3 aromatic rings. The second-order valence-corrected chi connectivity index (χ2v) is 6.71. The Morgan fingerprint density at radius 3 is 2.73 bits per heavy atom. The Kier molecular flexibility index (Phi) is 5.91. The molecule has 0 aliphatic rings. The maximum absolute atomic E-state index is 12.1. The number of aryl methyl sites for hydroxylation is 1. The molecule has 134 valence electrons. The third-order valence-electron chi connectivity index (χ3n) is 3.67. The average molecular weight is 368 g/mol. The number of benzene rings is 2. The fourth-order valence-electron chi connectivity index (χ4n) is 2.31. The van der Waals surface area contributed by atoms with Crippen LogP contribution in [0.1, 0.15) is 11.4 Å². The van der Waals surface area contributed by atoms with Crippen LogP contribution in [0.4, 0.5) is 5.69 Å². The molecule has 1 heterocycles. The number of hydrogen-bond acceptors (Lipinski definition) is 5. The second-order valence-electron chi connectivity index (χ2n) is 5.77. The fraction of sp³-hybridized carbons (Fsp3) is 0.211. The van der Waals surface area contributed by atoms with Crippen molar-refractivity contribution >= 4 is 23.4 Å². The van der Waals surface area contributed by atoms with Gasteiger partial charge in [0.15, 0.2) is 11.0 Å². The van der Waals surface area contributed by atoms with Gasteiger partial charge in [0.05, 0.1) is 5.75 Å². The smallest absolute Gasteiger partial charge is 0.234 e. The molecule has 0 atom stereocenters. The molecule has 6 nitrogen and oxygen atoms in total. The molecule has 0 fully saturated rings. The third kappa shape index (κ3) is 4.86. The Balaban J connectivity index is 1.52. The lowest BCUT2D eigenvalue weighted by Crippen LogP contribution is -2.14. The van der Waals surface area contributed by atoms with Gasteiger partial charge in [-0.05, 0) is 36.8 Å². The van der Waals surface area contributed by atoms with Crippen LogP contribution in [-0.4, -0.2) is 26.4 Å². The summed E-state index contributed by atoms with van der Waals surface area (Å²) in [4.78, 5) is 12.1. The van der Waals surface area contributed by atoms with Crippen LogP contribution in [0.2, 0.25) is 0 Å². The number of hydrogen-bond donors (Lipinski definition) is 1. The van der Waals surface area contributed by atoms with Crippen molar-refractivity contribution in [1.29, 1.82) is 0 Å². The molecule has 3 rings (SSSR count). The summed E-state index contributed by atoms with van der Waals surface area (Å²) in [7, 11) is 1.87. The van der Waals surface area contributed by atoms with Gasteiger partial charge >= 0.3 is 0 Å². The van der Waals surface area contributed by atoms with Gasteiger partial charge in [-0.15, -0.1) is 10.2 Å². The zero-order valence-corrected chi connectivity index (χ0v) is 15.5. The molecule has 0 spiro atoms. The zero-order chi connectivity index (χ0) is 18.4. The van der Waals surface area contributed by atoms with Crippen molar-refractivity contribution < 1.29 is 9.53 Å².